The fourth-order valence-corrected chi connectivity index (χ4v) is 2.48. The zero-order chi connectivity index (χ0) is 14.5. The Morgan fingerprint density at radius 3 is 2.50 bits per heavy atom. The van der Waals surface area contributed by atoms with Crippen LogP contribution < -0.4 is 10.1 Å². The number of hydrogen-bond acceptors (Lipinski definition) is 3. The van der Waals surface area contributed by atoms with E-state index in [0.29, 0.717) is 17.0 Å². The van der Waals surface area contributed by atoms with Crippen molar-refractivity contribution in [3.63, 3.8) is 0 Å². The van der Waals surface area contributed by atoms with Crippen LogP contribution in [-0.2, 0) is 0 Å². The van der Waals surface area contributed by atoms with E-state index in [4.69, 9.17) is 4.74 Å². The van der Waals surface area contributed by atoms with E-state index in [2.05, 4.69) is 21.2 Å². The SMILES string of the molecule is COc1ccc(Br)cc1NC(=O)c1ccc(SC)cc1. The molecular formula is C15H14BrNO2S. The van der Waals surface area contributed by atoms with Crippen LogP contribution in [0.1, 0.15) is 10.4 Å². The molecule has 20 heavy (non-hydrogen) atoms. The molecule has 0 saturated carbocycles. The number of halogens is 1. The number of anilines is 1. The Morgan fingerprint density at radius 2 is 1.90 bits per heavy atom. The summed E-state index contributed by atoms with van der Waals surface area (Å²) in [5, 5.41) is 2.86. The predicted octanol–water partition coefficient (Wildman–Crippen LogP) is 4.43. The Bertz CT molecular complexity index is 614. The van der Waals surface area contributed by atoms with Crippen molar-refractivity contribution in [2.24, 2.45) is 0 Å². The molecule has 5 heteroatoms. The standard InChI is InChI=1S/C15H14BrNO2S/c1-19-14-8-5-11(16)9-13(14)17-15(18)10-3-6-12(20-2)7-4-10/h3-9H,1-2H3,(H,17,18). The zero-order valence-corrected chi connectivity index (χ0v) is 13.5. The second-order valence-electron chi connectivity index (χ2n) is 4.03. The Morgan fingerprint density at radius 1 is 1.20 bits per heavy atom. The molecule has 0 aliphatic carbocycles. The van der Waals surface area contributed by atoms with Crippen molar-refractivity contribution < 1.29 is 9.53 Å². The Labute approximate surface area is 130 Å². The van der Waals surface area contributed by atoms with Gasteiger partial charge in [0.15, 0.2) is 0 Å². The summed E-state index contributed by atoms with van der Waals surface area (Å²) in [5.41, 5.74) is 1.26. The first-order valence-electron chi connectivity index (χ1n) is 5.93. The maximum absolute atomic E-state index is 12.2. The van der Waals surface area contributed by atoms with Crippen LogP contribution in [0.2, 0.25) is 0 Å². The zero-order valence-electron chi connectivity index (χ0n) is 11.1. The second kappa shape index (κ2) is 6.81. The molecule has 0 spiro atoms. The highest BCUT2D eigenvalue weighted by Gasteiger charge is 2.10. The molecule has 0 bridgehead atoms. The quantitative estimate of drug-likeness (QED) is 0.828. The highest BCUT2D eigenvalue weighted by Crippen LogP contribution is 2.28. The van der Waals surface area contributed by atoms with E-state index in [9.17, 15) is 4.79 Å². The molecule has 0 aliphatic heterocycles. The molecule has 0 aliphatic rings. The molecule has 2 aromatic rings. The third kappa shape index (κ3) is 3.55. The van der Waals surface area contributed by atoms with Crippen LogP contribution in [0.15, 0.2) is 51.8 Å². The minimum atomic E-state index is -0.158. The average molecular weight is 352 g/mol. The minimum absolute atomic E-state index is 0.158. The normalized spacial score (nSPS) is 10.2. The average Bonchev–Trinajstić information content (AvgIpc) is 2.47. The first-order chi connectivity index (χ1) is 9.63. The van der Waals surface area contributed by atoms with Crippen molar-refractivity contribution in [3.05, 3.63) is 52.5 Å². The van der Waals surface area contributed by atoms with Gasteiger partial charge in [0.05, 0.1) is 12.8 Å². The van der Waals surface area contributed by atoms with Crippen LogP contribution in [0.25, 0.3) is 0 Å². The van der Waals surface area contributed by atoms with Crippen molar-refractivity contribution in [1.82, 2.24) is 0 Å². The largest absolute Gasteiger partial charge is 0.495 e. The molecule has 3 nitrogen and oxygen atoms in total. The van der Waals surface area contributed by atoms with Gasteiger partial charge in [-0.3, -0.25) is 4.79 Å². The molecule has 0 fully saturated rings. The molecule has 0 radical (unpaired) electrons. The fourth-order valence-electron chi connectivity index (χ4n) is 1.71. The summed E-state index contributed by atoms with van der Waals surface area (Å²) in [5.74, 6) is 0.469. The lowest BCUT2D eigenvalue weighted by atomic mass is 10.2. The van der Waals surface area contributed by atoms with E-state index >= 15 is 0 Å². The molecule has 1 amide bonds. The molecule has 0 heterocycles. The van der Waals surface area contributed by atoms with Gasteiger partial charge < -0.3 is 10.1 Å². The molecule has 2 aromatic carbocycles. The molecule has 2 rings (SSSR count). The third-order valence-corrected chi connectivity index (χ3v) is 4.00. The maximum Gasteiger partial charge on any atom is 0.255 e. The summed E-state index contributed by atoms with van der Waals surface area (Å²) in [7, 11) is 1.58. The van der Waals surface area contributed by atoms with Gasteiger partial charge in [0.25, 0.3) is 5.91 Å². The summed E-state index contributed by atoms with van der Waals surface area (Å²) in [6, 6.07) is 13.0. The number of methoxy groups -OCH3 is 1. The van der Waals surface area contributed by atoms with E-state index in [1.807, 2.05) is 42.7 Å². The minimum Gasteiger partial charge on any atom is -0.495 e. The van der Waals surface area contributed by atoms with Crippen LogP contribution >= 0.6 is 27.7 Å². The Hall–Kier alpha value is -1.46. The topological polar surface area (TPSA) is 38.3 Å². The molecular weight excluding hydrogens is 338 g/mol. The van der Waals surface area contributed by atoms with E-state index < -0.39 is 0 Å². The van der Waals surface area contributed by atoms with Crippen molar-refractivity contribution in [2.75, 3.05) is 18.7 Å². The van der Waals surface area contributed by atoms with Crippen LogP contribution in [0, 0.1) is 0 Å². The summed E-state index contributed by atoms with van der Waals surface area (Å²) in [6.07, 6.45) is 2.00. The van der Waals surface area contributed by atoms with E-state index in [0.717, 1.165) is 9.37 Å². The smallest absolute Gasteiger partial charge is 0.255 e. The third-order valence-electron chi connectivity index (χ3n) is 2.76. The van der Waals surface area contributed by atoms with E-state index in [1.54, 1.807) is 24.9 Å². The van der Waals surface area contributed by atoms with Gasteiger partial charge in [0.2, 0.25) is 0 Å². The van der Waals surface area contributed by atoms with Gasteiger partial charge in [0, 0.05) is 14.9 Å². The lowest BCUT2D eigenvalue weighted by Gasteiger charge is -2.10. The van der Waals surface area contributed by atoms with Gasteiger partial charge in [-0.25, -0.2) is 0 Å². The van der Waals surface area contributed by atoms with Crippen LogP contribution in [0.3, 0.4) is 0 Å². The van der Waals surface area contributed by atoms with Crippen LogP contribution in [0.5, 0.6) is 5.75 Å². The van der Waals surface area contributed by atoms with Crippen molar-refractivity contribution in [2.45, 2.75) is 4.90 Å². The Balaban J connectivity index is 2.20. The van der Waals surface area contributed by atoms with Gasteiger partial charge >= 0.3 is 0 Å². The number of hydrogen-bond donors (Lipinski definition) is 1. The van der Waals surface area contributed by atoms with Gasteiger partial charge in [-0.15, -0.1) is 11.8 Å². The number of amides is 1. The summed E-state index contributed by atoms with van der Waals surface area (Å²) >= 11 is 5.02. The van der Waals surface area contributed by atoms with Crippen molar-refractivity contribution >= 4 is 39.3 Å². The summed E-state index contributed by atoms with van der Waals surface area (Å²) < 4.78 is 6.12. The van der Waals surface area contributed by atoms with Crippen LogP contribution in [0.4, 0.5) is 5.69 Å². The summed E-state index contributed by atoms with van der Waals surface area (Å²) in [4.78, 5) is 13.3. The van der Waals surface area contributed by atoms with Crippen molar-refractivity contribution in [1.29, 1.82) is 0 Å². The van der Waals surface area contributed by atoms with Crippen LogP contribution in [-0.4, -0.2) is 19.3 Å². The molecule has 0 atom stereocenters. The molecule has 0 saturated heterocycles. The first-order valence-corrected chi connectivity index (χ1v) is 7.94. The van der Waals surface area contributed by atoms with Crippen molar-refractivity contribution in [3.8, 4) is 5.75 Å². The molecule has 1 N–H and O–H groups in total. The number of thioether (sulfide) groups is 1. The van der Waals surface area contributed by atoms with Gasteiger partial charge in [-0.2, -0.15) is 0 Å². The molecule has 0 unspecified atom stereocenters. The highest BCUT2D eigenvalue weighted by molar-refractivity contribution is 9.10. The monoisotopic (exact) mass is 351 g/mol. The fraction of sp³-hybridized carbons (Fsp3) is 0.133. The summed E-state index contributed by atoms with van der Waals surface area (Å²) in [6.45, 7) is 0. The lowest BCUT2D eigenvalue weighted by molar-refractivity contribution is 0.102. The maximum atomic E-state index is 12.2. The number of nitrogens with one attached hydrogen (secondary N) is 1. The lowest BCUT2D eigenvalue weighted by Crippen LogP contribution is -2.12. The predicted molar refractivity (Wildman–Crippen MR) is 86.9 cm³/mol. The first kappa shape index (κ1) is 14.9. The van der Waals surface area contributed by atoms with E-state index in [1.165, 1.54) is 0 Å². The molecule has 104 valence electrons. The van der Waals surface area contributed by atoms with E-state index in [-0.39, 0.29) is 5.91 Å². The van der Waals surface area contributed by atoms with Gasteiger partial charge in [-0.1, -0.05) is 15.9 Å². The number of rotatable bonds is 4. The second-order valence-corrected chi connectivity index (χ2v) is 5.82. The highest BCUT2D eigenvalue weighted by atomic mass is 79.9. The van der Waals surface area contributed by atoms with Gasteiger partial charge in [0.1, 0.15) is 5.75 Å². The number of benzene rings is 2. The number of ether oxygens (including phenoxy) is 1. The van der Waals surface area contributed by atoms with Gasteiger partial charge in [-0.05, 0) is 48.7 Å². The Kier molecular flexibility index (Phi) is 5.09. The number of carbonyl (C=O) groups excluding carboxylic acids is 1. The molecule has 0 aromatic heterocycles. The number of carbonyl (C=O) groups is 1.